The number of methoxy groups -OCH3 is 1. The average Bonchev–Trinajstić information content (AvgIpc) is 3.10. The fourth-order valence-electron chi connectivity index (χ4n) is 3.86. The molecule has 9 nitrogen and oxygen atoms in total. The van der Waals surface area contributed by atoms with Gasteiger partial charge in [-0.15, -0.1) is 0 Å². The van der Waals surface area contributed by atoms with Gasteiger partial charge in [0, 0.05) is 50.0 Å². The first-order valence-corrected chi connectivity index (χ1v) is 10.2. The van der Waals surface area contributed by atoms with Crippen LogP contribution in [0.25, 0.3) is 0 Å². The summed E-state index contributed by atoms with van der Waals surface area (Å²) in [6.07, 6.45) is 2.85. The minimum absolute atomic E-state index is 0.00487. The van der Waals surface area contributed by atoms with E-state index in [1.807, 2.05) is 31.3 Å². The van der Waals surface area contributed by atoms with E-state index in [9.17, 15) is 14.4 Å². The van der Waals surface area contributed by atoms with Crippen LogP contribution in [0.1, 0.15) is 37.7 Å². The molecule has 3 rings (SSSR count). The van der Waals surface area contributed by atoms with Crippen LogP contribution in [-0.4, -0.2) is 61.1 Å². The van der Waals surface area contributed by atoms with Gasteiger partial charge in [-0.2, -0.15) is 5.10 Å². The monoisotopic (exact) mass is 415 g/mol. The van der Waals surface area contributed by atoms with Gasteiger partial charge in [0.15, 0.2) is 0 Å². The molecule has 0 radical (unpaired) electrons. The van der Waals surface area contributed by atoms with Crippen molar-refractivity contribution < 1.29 is 19.1 Å². The number of hydrogen-bond donors (Lipinski definition) is 3. The van der Waals surface area contributed by atoms with Crippen LogP contribution in [-0.2, 0) is 20.9 Å². The molecule has 1 fully saturated rings. The molecule has 1 aromatic carbocycles. The molecule has 2 atom stereocenters. The highest BCUT2D eigenvalue weighted by Gasteiger charge is 2.32. The van der Waals surface area contributed by atoms with Crippen molar-refractivity contribution in [1.29, 1.82) is 0 Å². The number of nitrogens with one attached hydrogen (secondary N) is 3. The van der Waals surface area contributed by atoms with Gasteiger partial charge in [0.2, 0.25) is 11.8 Å². The molecule has 3 N–H and O–H groups in total. The van der Waals surface area contributed by atoms with E-state index in [2.05, 4.69) is 26.1 Å². The number of carbonyl (C=O) groups is 3. The second kappa shape index (κ2) is 10.2. The highest BCUT2D eigenvalue weighted by atomic mass is 16.5. The number of nitrogens with zero attached hydrogens (tertiary/aromatic N) is 2. The molecular formula is C21H29N5O4. The zero-order chi connectivity index (χ0) is 21.5. The van der Waals surface area contributed by atoms with Crippen LogP contribution in [0.5, 0.6) is 5.75 Å². The lowest BCUT2D eigenvalue weighted by molar-refractivity contribution is -0.123. The summed E-state index contributed by atoms with van der Waals surface area (Å²) in [5.74, 6) is 0.332. The molecule has 1 saturated heterocycles. The minimum Gasteiger partial charge on any atom is -0.496 e. The smallest absolute Gasteiger partial charge is 0.267 e. The van der Waals surface area contributed by atoms with E-state index in [4.69, 9.17) is 4.74 Å². The second-order valence-corrected chi connectivity index (χ2v) is 7.65. The summed E-state index contributed by atoms with van der Waals surface area (Å²) in [5.41, 5.74) is 3.62. The Hall–Kier alpha value is -2.94. The van der Waals surface area contributed by atoms with Gasteiger partial charge >= 0.3 is 0 Å². The van der Waals surface area contributed by atoms with E-state index in [1.54, 1.807) is 7.11 Å². The van der Waals surface area contributed by atoms with E-state index < -0.39 is 0 Å². The van der Waals surface area contributed by atoms with E-state index in [0.29, 0.717) is 31.6 Å². The summed E-state index contributed by atoms with van der Waals surface area (Å²) in [6, 6.07) is 7.92. The Kier molecular flexibility index (Phi) is 7.40. The predicted octanol–water partition coefficient (Wildman–Crippen LogP) is 0.547. The lowest BCUT2D eigenvalue weighted by Crippen LogP contribution is -2.44. The fraction of sp³-hybridized carbons (Fsp3) is 0.524. The molecule has 162 valence electrons. The maximum Gasteiger partial charge on any atom is 0.267 e. The van der Waals surface area contributed by atoms with Crippen LogP contribution in [0.3, 0.4) is 0 Å². The highest BCUT2D eigenvalue weighted by molar-refractivity contribution is 6.39. The van der Waals surface area contributed by atoms with Crippen LogP contribution in [0.2, 0.25) is 0 Å². The Morgan fingerprint density at radius 3 is 2.70 bits per heavy atom. The van der Waals surface area contributed by atoms with Crippen LogP contribution in [0.4, 0.5) is 0 Å². The maximum atomic E-state index is 12.4. The van der Waals surface area contributed by atoms with Gasteiger partial charge < -0.3 is 15.4 Å². The molecule has 9 heteroatoms. The van der Waals surface area contributed by atoms with E-state index in [0.717, 1.165) is 24.2 Å². The summed E-state index contributed by atoms with van der Waals surface area (Å²) in [5, 5.41) is 9.68. The van der Waals surface area contributed by atoms with Crippen molar-refractivity contribution in [2.24, 2.45) is 5.10 Å². The number of amides is 3. The minimum atomic E-state index is -0.249. The molecule has 3 amide bonds. The highest BCUT2D eigenvalue weighted by Crippen LogP contribution is 2.24. The molecular weight excluding hydrogens is 386 g/mol. The summed E-state index contributed by atoms with van der Waals surface area (Å²) < 4.78 is 5.31. The first-order valence-electron chi connectivity index (χ1n) is 10.2. The third kappa shape index (κ3) is 5.56. The maximum absolute atomic E-state index is 12.4. The molecule has 2 aliphatic rings. The third-order valence-corrected chi connectivity index (χ3v) is 5.74. The van der Waals surface area contributed by atoms with Crippen LogP contribution in [0, 0.1) is 0 Å². The Balaban J connectivity index is 1.42. The first-order chi connectivity index (χ1) is 14.5. The molecule has 0 aliphatic carbocycles. The van der Waals surface area contributed by atoms with Gasteiger partial charge in [0.25, 0.3) is 5.91 Å². The van der Waals surface area contributed by atoms with Crippen molar-refractivity contribution in [1.82, 2.24) is 21.0 Å². The number of para-hydroxylation sites is 1. The lowest BCUT2D eigenvalue weighted by Gasteiger charge is -2.26. The standard InChI is InChI=1S/C21H29N5O4/c1-26-15(11-20(28)22-12-14-5-3-4-6-18(14)30-2)7-8-16(26)13-23-21(29)17-9-10-19(27)25-24-17/h3-6,15-16H,7-13H2,1-2H3,(H,22,28)(H,23,29)(H,25,27)/t15-,16+/m1/s1. The molecule has 0 saturated carbocycles. The number of hydrogen-bond acceptors (Lipinski definition) is 6. The average molecular weight is 415 g/mol. The van der Waals surface area contributed by atoms with Gasteiger partial charge in [-0.25, -0.2) is 5.43 Å². The number of rotatable bonds is 8. The summed E-state index contributed by atoms with van der Waals surface area (Å²) in [7, 11) is 3.60. The van der Waals surface area contributed by atoms with Crippen molar-refractivity contribution >= 4 is 23.4 Å². The van der Waals surface area contributed by atoms with E-state index >= 15 is 0 Å². The summed E-state index contributed by atoms with van der Waals surface area (Å²) in [6.45, 7) is 0.916. The van der Waals surface area contributed by atoms with Gasteiger partial charge in [0.05, 0.1) is 7.11 Å². The molecule has 2 heterocycles. The second-order valence-electron chi connectivity index (χ2n) is 7.65. The van der Waals surface area contributed by atoms with E-state index in [1.165, 1.54) is 0 Å². The molecule has 0 aromatic heterocycles. The van der Waals surface area contributed by atoms with Crippen molar-refractivity contribution in [2.75, 3.05) is 20.7 Å². The van der Waals surface area contributed by atoms with Gasteiger partial charge in [0.1, 0.15) is 11.5 Å². The largest absolute Gasteiger partial charge is 0.496 e. The van der Waals surface area contributed by atoms with Crippen molar-refractivity contribution in [3.05, 3.63) is 29.8 Å². The van der Waals surface area contributed by atoms with Gasteiger partial charge in [-0.1, -0.05) is 18.2 Å². The zero-order valence-electron chi connectivity index (χ0n) is 17.4. The summed E-state index contributed by atoms with van der Waals surface area (Å²) in [4.78, 5) is 37.9. The number of likely N-dealkylation sites (N-methyl/N-ethyl adjacent to an activating group) is 1. The Morgan fingerprint density at radius 2 is 1.97 bits per heavy atom. The number of carbonyl (C=O) groups excluding carboxylic acids is 3. The predicted molar refractivity (Wildman–Crippen MR) is 112 cm³/mol. The van der Waals surface area contributed by atoms with E-state index in [-0.39, 0.29) is 36.2 Å². The number of benzene rings is 1. The van der Waals surface area contributed by atoms with Gasteiger partial charge in [-0.05, 0) is 26.0 Å². The van der Waals surface area contributed by atoms with Crippen LogP contribution in [0.15, 0.2) is 29.4 Å². The molecule has 0 bridgehead atoms. The third-order valence-electron chi connectivity index (χ3n) is 5.74. The van der Waals surface area contributed by atoms with Crippen molar-refractivity contribution in [3.63, 3.8) is 0 Å². The topological polar surface area (TPSA) is 112 Å². The lowest BCUT2D eigenvalue weighted by atomic mass is 10.1. The molecule has 2 aliphatic heterocycles. The Morgan fingerprint density at radius 1 is 1.20 bits per heavy atom. The fourth-order valence-corrected chi connectivity index (χ4v) is 3.86. The van der Waals surface area contributed by atoms with Crippen LogP contribution < -0.4 is 20.8 Å². The quantitative estimate of drug-likeness (QED) is 0.574. The van der Waals surface area contributed by atoms with Gasteiger partial charge in [-0.3, -0.25) is 19.3 Å². The molecule has 0 spiro atoms. The number of ether oxygens (including phenoxy) is 1. The molecule has 1 aromatic rings. The number of likely N-dealkylation sites (tertiary alicyclic amines) is 1. The first kappa shape index (κ1) is 21.8. The Bertz CT molecular complexity index is 825. The summed E-state index contributed by atoms with van der Waals surface area (Å²) >= 11 is 0. The molecule has 0 unspecified atom stereocenters. The zero-order valence-corrected chi connectivity index (χ0v) is 17.4. The SMILES string of the molecule is COc1ccccc1CNC(=O)C[C@H]1CC[C@@H](CNC(=O)C2=NNC(=O)CC2)N1C. The number of hydrazone groups is 1. The molecule has 30 heavy (non-hydrogen) atoms. The Labute approximate surface area is 176 Å². The van der Waals surface area contributed by atoms with Crippen molar-refractivity contribution in [2.45, 2.75) is 50.7 Å². The normalized spacial score (nSPS) is 21.5. The van der Waals surface area contributed by atoms with Crippen LogP contribution >= 0.6 is 0 Å². The van der Waals surface area contributed by atoms with Crippen molar-refractivity contribution in [3.8, 4) is 5.75 Å².